The number of carbonyl (C=O) groups excluding carboxylic acids is 1. The number of amides is 1. The molecule has 0 saturated heterocycles. The highest BCUT2D eigenvalue weighted by Gasteiger charge is 2.05. The van der Waals surface area contributed by atoms with Crippen LogP contribution < -0.4 is 16.8 Å². The van der Waals surface area contributed by atoms with Gasteiger partial charge in [-0.1, -0.05) is 12.1 Å². The smallest absolute Gasteiger partial charge is 0.269 e. The van der Waals surface area contributed by atoms with Crippen molar-refractivity contribution in [2.24, 2.45) is 11.5 Å². The molecular weight excluding hydrogens is 261 g/mol. The van der Waals surface area contributed by atoms with E-state index in [2.05, 4.69) is 15.5 Å². The second kappa shape index (κ2) is 6.07. The van der Waals surface area contributed by atoms with Gasteiger partial charge in [0.2, 0.25) is 0 Å². The summed E-state index contributed by atoms with van der Waals surface area (Å²) in [6, 6.07) is 7.83. The van der Waals surface area contributed by atoms with E-state index in [1.54, 1.807) is 18.2 Å². The molecule has 20 heavy (non-hydrogen) atoms. The molecule has 7 heteroatoms. The molecular formula is C13H14FN5O. The third-order valence-corrected chi connectivity index (χ3v) is 2.73. The van der Waals surface area contributed by atoms with Gasteiger partial charge in [-0.25, -0.2) is 4.39 Å². The van der Waals surface area contributed by atoms with Gasteiger partial charge in [0.05, 0.1) is 0 Å². The molecule has 2 rings (SSSR count). The van der Waals surface area contributed by atoms with E-state index >= 15 is 0 Å². The van der Waals surface area contributed by atoms with Crippen LogP contribution in [0.15, 0.2) is 30.3 Å². The van der Waals surface area contributed by atoms with Crippen LogP contribution in [0.3, 0.4) is 0 Å². The van der Waals surface area contributed by atoms with Crippen molar-refractivity contribution in [3.8, 4) is 0 Å². The molecule has 0 aliphatic carbocycles. The summed E-state index contributed by atoms with van der Waals surface area (Å²) in [6.45, 7) is 0.548. The Balaban J connectivity index is 2.03. The van der Waals surface area contributed by atoms with Crippen LogP contribution in [-0.4, -0.2) is 16.1 Å². The highest BCUT2D eigenvalue weighted by atomic mass is 19.1. The Morgan fingerprint density at radius 3 is 2.60 bits per heavy atom. The molecule has 0 aliphatic rings. The summed E-state index contributed by atoms with van der Waals surface area (Å²) < 4.78 is 13.7. The zero-order valence-electron chi connectivity index (χ0n) is 10.6. The first kappa shape index (κ1) is 13.9. The number of hydrogen-bond donors (Lipinski definition) is 3. The van der Waals surface area contributed by atoms with Gasteiger partial charge in [0.25, 0.3) is 5.91 Å². The number of aromatic nitrogens is 2. The van der Waals surface area contributed by atoms with Crippen molar-refractivity contribution < 1.29 is 9.18 Å². The summed E-state index contributed by atoms with van der Waals surface area (Å²) in [5.74, 6) is -0.549. The van der Waals surface area contributed by atoms with Gasteiger partial charge in [0.15, 0.2) is 5.69 Å². The normalized spacial score (nSPS) is 10.3. The fraction of sp³-hybridized carbons (Fsp3) is 0.154. The standard InChI is InChI=1S/C13H14FN5O/c14-10-5-8(6-15)1-2-9(10)7-17-12-4-3-11(13(16)20)18-19-12/h1-5H,6-7,15H2,(H2,16,20)(H,17,19). The summed E-state index contributed by atoms with van der Waals surface area (Å²) in [5, 5.41) is 10.3. The minimum Gasteiger partial charge on any atom is -0.364 e. The molecule has 1 aromatic carbocycles. The van der Waals surface area contributed by atoms with E-state index in [0.717, 1.165) is 5.56 Å². The molecule has 0 spiro atoms. The summed E-state index contributed by atoms with van der Waals surface area (Å²) >= 11 is 0. The number of carbonyl (C=O) groups is 1. The number of anilines is 1. The predicted octanol–water partition coefficient (Wildman–Crippen LogP) is 0.785. The summed E-state index contributed by atoms with van der Waals surface area (Å²) in [4.78, 5) is 10.8. The maximum atomic E-state index is 13.7. The highest BCUT2D eigenvalue weighted by molar-refractivity contribution is 5.90. The van der Waals surface area contributed by atoms with E-state index in [1.807, 2.05) is 0 Å². The third kappa shape index (κ3) is 3.27. The molecule has 0 atom stereocenters. The maximum absolute atomic E-state index is 13.7. The predicted molar refractivity (Wildman–Crippen MR) is 72.2 cm³/mol. The van der Waals surface area contributed by atoms with Gasteiger partial charge < -0.3 is 16.8 Å². The van der Waals surface area contributed by atoms with Crippen molar-refractivity contribution in [2.45, 2.75) is 13.1 Å². The first-order valence-corrected chi connectivity index (χ1v) is 5.95. The minimum absolute atomic E-state index is 0.0778. The van der Waals surface area contributed by atoms with E-state index < -0.39 is 5.91 Å². The molecule has 0 radical (unpaired) electrons. The zero-order chi connectivity index (χ0) is 14.5. The van der Waals surface area contributed by atoms with Gasteiger partial charge in [0, 0.05) is 18.7 Å². The lowest BCUT2D eigenvalue weighted by atomic mass is 10.1. The van der Waals surface area contributed by atoms with Crippen molar-refractivity contribution >= 4 is 11.7 Å². The lowest BCUT2D eigenvalue weighted by Gasteiger charge is -2.07. The van der Waals surface area contributed by atoms with Crippen LogP contribution in [-0.2, 0) is 13.1 Å². The number of rotatable bonds is 5. The number of halogens is 1. The molecule has 0 saturated carbocycles. The molecule has 6 nitrogen and oxygen atoms in total. The lowest BCUT2D eigenvalue weighted by Crippen LogP contribution is -2.14. The SMILES string of the molecule is NCc1ccc(CNc2ccc(C(N)=O)nn2)c(F)c1. The number of primary amides is 1. The van der Waals surface area contributed by atoms with Gasteiger partial charge >= 0.3 is 0 Å². The molecule has 1 amide bonds. The van der Waals surface area contributed by atoms with Gasteiger partial charge in [0.1, 0.15) is 11.6 Å². The molecule has 1 heterocycles. The third-order valence-electron chi connectivity index (χ3n) is 2.73. The van der Waals surface area contributed by atoms with Crippen LogP contribution >= 0.6 is 0 Å². The van der Waals surface area contributed by atoms with E-state index in [1.165, 1.54) is 12.1 Å². The van der Waals surface area contributed by atoms with Crippen molar-refractivity contribution in [2.75, 3.05) is 5.32 Å². The molecule has 0 bridgehead atoms. The van der Waals surface area contributed by atoms with Crippen molar-refractivity contribution in [1.29, 1.82) is 0 Å². The number of benzene rings is 1. The van der Waals surface area contributed by atoms with Crippen LogP contribution in [0, 0.1) is 5.82 Å². The lowest BCUT2D eigenvalue weighted by molar-refractivity contribution is 0.0994. The fourth-order valence-electron chi connectivity index (χ4n) is 1.60. The number of nitrogens with one attached hydrogen (secondary N) is 1. The summed E-state index contributed by atoms with van der Waals surface area (Å²) in [7, 11) is 0. The van der Waals surface area contributed by atoms with Crippen LogP contribution in [0.4, 0.5) is 10.2 Å². The molecule has 0 aliphatic heterocycles. The summed E-state index contributed by atoms with van der Waals surface area (Å²) in [5.41, 5.74) is 11.8. The molecule has 2 aromatic rings. The van der Waals surface area contributed by atoms with Crippen molar-refractivity contribution in [3.05, 3.63) is 53.0 Å². The zero-order valence-corrected chi connectivity index (χ0v) is 10.6. The summed E-state index contributed by atoms with van der Waals surface area (Å²) in [6.07, 6.45) is 0. The Bertz CT molecular complexity index is 615. The largest absolute Gasteiger partial charge is 0.364 e. The van der Waals surface area contributed by atoms with Crippen molar-refractivity contribution in [1.82, 2.24) is 10.2 Å². The fourth-order valence-corrected chi connectivity index (χ4v) is 1.60. The van der Waals surface area contributed by atoms with Crippen molar-refractivity contribution in [3.63, 3.8) is 0 Å². The van der Waals surface area contributed by atoms with Gasteiger partial charge in [-0.3, -0.25) is 4.79 Å². The first-order valence-electron chi connectivity index (χ1n) is 5.95. The Hall–Kier alpha value is -2.54. The van der Waals surface area contributed by atoms with Gasteiger partial charge in [-0.15, -0.1) is 10.2 Å². The number of hydrogen-bond acceptors (Lipinski definition) is 5. The molecule has 5 N–H and O–H groups in total. The second-order valence-corrected chi connectivity index (χ2v) is 4.15. The number of nitrogens with two attached hydrogens (primary N) is 2. The van der Waals surface area contributed by atoms with Crippen LogP contribution in [0.25, 0.3) is 0 Å². The highest BCUT2D eigenvalue weighted by Crippen LogP contribution is 2.12. The number of nitrogens with zero attached hydrogens (tertiary/aromatic N) is 2. The van der Waals surface area contributed by atoms with E-state index in [-0.39, 0.29) is 18.1 Å². The minimum atomic E-state index is -0.646. The molecule has 104 valence electrons. The monoisotopic (exact) mass is 275 g/mol. The van der Waals surface area contributed by atoms with Crippen LogP contribution in [0.1, 0.15) is 21.6 Å². The van der Waals surface area contributed by atoms with Crippen LogP contribution in [0.5, 0.6) is 0 Å². The Morgan fingerprint density at radius 2 is 2.05 bits per heavy atom. The Labute approximate surface area is 115 Å². The molecule has 1 aromatic heterocycles. The van der Waals surface area contributed by atoms with Gasteiger partial charge in [-0.2, -0.15) is 0 Å². The van der Waals surface area contributed by atoms with E-state index in [4.69, 9.17) is 11.5 Å². The van der Waals surface area contributed by atoms with Crippen LogP contribution in [0.2, 0.25) is 0 Å². The molecule has 0 unspecified atom stereocenters. The quantitative estimate of drug-likeness (QED) is 0.747. The van der Waals surface area contributed by atoms with Gasteiger partial charge in [-0.05, 0) is 23.8 Å². The maximum Gasteiger partial charge on any atom is 0.269 e. The average Bonchev–Trinajstić information content (AvgIpc) is 2.46. The molecule has 0 fully saturated rings. The average molecular weight is 275 g/mol. The Kier molecular flexibility index (Phi) is 4.21. The van der Waals surface area contributed by atoms with E-state index in [9.17, 15) is 9.18 Å². The topological polar surface area (TPSA) is 107 Å². The first-order chi connectivity index (χ1) is 9.60. The second-order valence-electron chi connectivity index (χ2n) is 4.15. The van der Waals surface area contributed by atoms with E-state index in [0.29, 0.717) is 17.9 Å². The Morgan fingerprint density at radius 1 is 1.25 bits per heavy atom.